The van der Waals surface area contributed by atoms with E-state index >= 15 is 0 Å². The highest BCUT2D eigenvalue weighted by Gasteiger charge is 2.46. The van der Waals surface area contributed by atoms with Crippen molar-refractivity contribution in [3.8, 4) is 5.75 Å². The molecule has 0 aliphatic carbocycles. The maximum absolute atomic E-state index is 13.1. The molecule has 0 unspecified atom stereocenters. The van der Waals surface area contributed by atoms with E-state index in [-0.39, 0.29) is 23.4 Å². The first kappa shape index (κ1) is 20.6. The van der Waals surface area contributed by atoms with Crippen LogP contribution in [0.3, 0.4) is 0 Å². The lowest BCUT2D eigenvalue weighted by Crippen LogP contribution is -2.29. The zero-order valence-corrected chi connectivity index (χ0v) is 17.3. The number of Topliss-reactive ketones (excluding diaryl/α,β-unsaturated/α-hetero) is 1. The van der Waals surface area contributed by atoms with E-state index < -0.39 is 17.7 Å². The number of ketones is 1. The van der Waals surface area contributed by atoms with Gasteiger partial charge in [0.05, 0.1) is 24.3 Å². The van der Waals surface area contributed by atoms with Crippen molar-refractivity contribution in [2.45, 2.75) is 12.6 Å². The predicted octanol–water partition coefficient (Wildman–Crippen LogP) is 3.76. The van der Waals surface area contributed by atoms with Crippen LogP contribution in [0, 0.1) is 0 Å². The van der Waals surface area contributed by atoms with Gasteiger partial charge in [-0.3, -0.25) is 19.6 Å². The van der Waals surface area contributed by atoms with E-state index in [9.17, 15) is 14.7 Å². The minimum Gasteiger partial charge on any atom is -0.507 e. The molecule has 1 saturated heterocycles. The van der Waals surface area contributed by atoms with Crippen LogP contribution in [0.4, 0.5) is 0 Å². The Bertz CT molecular complexity index is 1170. The number of carbonyl (C=O) groups is 2. The lowest BCUT2D eigenvalue weighted by atomic mass is 9.95. The number of carbonyl (C=O) groups excluding carboxylic acids is 2. The largest absolute Gasteiger partial charge is 0.507 e. The molecule has 0 bridgehead atoms. The van der Waals surface area contributed by atoms with Gasteiger partial charge in [0.15, 0.2) is 0 Å². The minimum atomic E-state index is -0.813. The SMILES string of the molecule is COc1ccc(Cl)cc1/C(O)=C1\C(=O)C(=O)N(Cc2cccnc2)[C@@H]1c1ccncc1. The molecule has 1 aliphatic rings. The number of likely N-dealkylation sites (tertiary alicyclic amines) is 1. The van der Waals surface area contributed by atoms with Crippen molar-refractivity contribution in [2.24, 2.45) is 0 Å². The van der Waals surface area contributed by atoms with Gasteiger partial charge in [0, 0.05) is 36.4 Å². The molecule has 8 heteroatoms. The van der Waals surface area contributed by atoms with Gasteiger partial charge in [0.2, 0.25) is 0 Å². The van der Waals surface area contributed by atoms with Crippen molar-refractivity contribution in [1.82, 2.24) is 14.9 Å². The number of aliphatic hydroxyl groups excluding tert-OH is 1. The number of nitrogens with zero attached hydrogens (tertiary/aromatic N) is 3. The van der Waals surface area contributed by atoms with Gasteiger partial charge in [0.25, 0.3) is 11.7 Å². The van der Waals surface area contributed by atoms with Crippen LogP contribution in [0.1, 0.15) is 22.7 Å². The summed E-state index contributed by atoms with van der Waals surface area (Å²) >= 11 is 6.11. The van der Waals surface area contributed by atoms with E-state index in [0.29, 0.717) is 16.3 Å². The number of halogens is 1. The fourth-order valence-corrected chi connectivity index (χ4v) is 3.81. The van der Waals surface area contributed by atoms with E-state index in [0.717, 1.165) is 5.56 Å². The van der Waals surface area contributed by atoms with E-state index in [1.807, 2.05) is 6.07 Å². The van der Waals surface area contributed by atoms with Crippen LogP contribution >= 0.6 is 11.6 Å². The van der Waals surface area contributed by atoms with Crippen molar-refractivity contribution < 1.29 is 19.4 Å². The Labute approximate surface area is 183 Å². The van der Waals surface area contributed by atoms with Gasteiger partial charge in [0.1, 0.15) is 11.5 Å². The molecule has 0 radical (unpaired) electrons. The summed E-state index contributed by atoms with van der Waals surface area (Å²) in [6.07, 6.45) is 6.39. The fourth-order valence-electron chi connectivity index (χ4n) is 3.63. The molecule has 2 aromatic heterocycles. The Morgan fingerprint density at radius 2 is 1.90 bits per heavy atom. The van der Waals surface area contributed by atoms with Crippen LogP contribution in [-0.4, -0.2) is 38.8 Å². The van der Waals surface area contributed by atoms with Crippen molar-refractivity contribution in [3.05, 3.63) is 94.5 Å². The molecule has 1 aromatic carbocycles. The Hall–Kier alpha value is -3.71. The van der Waals surface area contributed by atoms with Gasteiger partial charge in [-0.05, 0) is 47.5 Å². The molecule has 4 rings (SSSR count). The van der Waals surface area contributed by atoms with Crippen molar-refractivity contribution in [3.63, 3.8) is 0 Å². The molecule has 1 amide bonds. The van der Waals surface area contributed by atoms with Gasteiger partial charge < -0.3 is 14.7 Å². The van der Waals surface area contributed by atoms with E-state index in [4.69, 9.17) is 16.3 Å². The van der Waals surface area contributed by atoms with Crippen molar-refractivity contribution in [2.75, 3.05) is 7.11 Å². The molecule has 0 spiro atoms. The number of ether oxygens (including phenoxy) is 1. The molecular formula is C23H18ClN3O4. The second-order valence-corrected chi connectivity index (χ2v) is 7.35. The number of benzene rings is 1. The third-order valence-electron chi connectivity index (χ3n) is 5.05. The van der Waals surface area contributed by atoms with Crippen molar-refractivity contribution in [1.29, 1.82) is 0 Å². The summed E-state index contributed by atoms with van der Waals surface area (Å²) in [6, 6.07) is 10.9. The standard InChI is InChI=1S/C23H18ClN3O4/c1-31-18-5-4-16(24)11-17(18)21(28)19-20(15-6-9-25-10-7-15)27(23(30)22(19)29)13-14-3-2-8-26-12-14/h2-12,20,28H,13H2,1H3/b21-19+/t20-/m1/s1. The monoisotopic (exact) mass is 435 g/mol. The fraction of sp³-hybridized carbons (Fsp3) is 0.130. The lowest BCUT2D eigenvalue weighted by Gasteiger charge is -2.25. The molecule has 1 aliphatic heterocycles. The second-order valence-electron chi connectivity index (χ2n) is 6.91. The topological polar surface area (TPSA) is 92.6 Å². The maximum Gasteiger partial charge on any atom is 0.295 e. The molecule has 7 nitrogen and oxygen atoms in total. The third-order valence-corrected chi connectivity index (χ3v) is 5.29. The Morgan fingerprint density at radius 3 is 2.58 bits per heavy atom. The summed E-state index contributed by atoms with van der Waals surface area (Å²) in [4.78, 5) is 35.6. The molecule has 0 saturated carbocycles. The Kier molecular flexibility index (Phi) is 5.68. The molecule has 3 heterocycles. The smallest absolute Gasteiger partial charge is 0.295 e. The highest BCUT2D eigenvalue weighted by atomic mass is 35.5. The molecule has 1 N–H and O–H groups in total. The first-order valence-corrected chi connectivity index (χ1v) is 9.80. The van der Waals surface area contributed by atoms with Gasteiger partial charge in [-0.2, -0.15) is 0 Å². The van der Waals surface area contributed by atoms with Crippen LogP contribution in [0.25, 0.3) is 5.76 Å². The lowest BCUT2D eigenvalue weighted by molar-refractivity contribution is -0.140. The first-order valence-electron chi connectivity index (χ1n) is 9.42. The number of pyridine rings is 2. The number of rotatable bonds is 5. The van der Waals surface area contributed by atoms with Crippen LogP contribution in [0.2, 0.25) is 5.02 Å². The van der Waals surface area contributed by atoms with Gasteiger partial charge >= 0.3 is 0 Å². The summed E-state index contributed by atoms with van der Waals surface area (Å²) in [7, 11) is 1.45. The van der Waals surface area contributed by atoms with E-state index in [1.54, 1.807) is 55.1 Å². The second kappa shape index (κ2) is 8.57. The summed E-state index contributed by atoms with van der Waals surface area (Å²) in [6.45, 7) is 0.148. The molecule has 31 heavy (non-hydrogen) atoms. The van der Waals surface area contributed by atoms with Crippen LogP contribution < -0.4 is 4.74 Å². The maximum atomic E-state index is 13.1. The normalized spacial score (nSPS) is 17.7. The van der Waals surface area contributed by atoms with E-state index in [2.05, 4.69) is 9.97 Å². The number of aliphatic hydroxyl groups is 1. The number of hydrogen-bond donors (Lipinski definition) is 1. The molecule has 1 fully saturated rings. The van der Waals surface area contributed by atoms with Crippen LogP contribution in [-0.2, 0) is 16.1 Å². The quantitative estimate of drug-likeness (QED) is 0.372. The number of aromatic nitrogens is 2. The van der Waals surface area contributed by atoms with Gasteiger partial charge in [-0.15, -0.1) is 0 Å². The minimum absolute atomic E-state index is 0.0411. The third kappa shape index (κ3) is 3.87. The van der Waals surface area contributed by atoms with E-state index in [1.165, 1.54) is 18.1 Å². The van der Waals surface area contributed by atoms with Crippen LogP contribution in [0.5, 0.6) is 5.75 Å². The van der Waals surface area contributed by atoms with Crippen molar-refractivity contribution >= 4 is 29.1 Å². The summed E-state index contributed by atoms with van der Waals surface area (Å²) in [5.74, 6) is -1.53. The first-order chi connectivity index (χ1) is 15.0. The molecule has 3 aromatic rings. The highest BCUT2D eigenvalue weighted by molar-refractivity contribution is 6.46. The van der Waals surface area contributed by atoms with Crippen LogP contribution in [0.15, 0.2) is 72.8 Å². The Morgan fingerprint density at radius 1 is 1.13 bits per heavy atom. The highest BCUT2D eigenvalue weighted by Crippen LogP contribution is 2.41. The number of methoxy groups -OCH3 is 1. The molecule has 156 valence electrons. The molecular weight excluding hydrogens is 418 g/mol. The summed E-state index contributed by atoms with van der Waals surface area (Å²) in [5.41, 5.74) is 1.58. The predicted molar refractivity (Wildman–Crippen MR) is 114 cm³/mol. The van der Waals surface area contributed by atoms with Gasteiger partial charge in [-0.1, -0.05) is 17.7 Å². The average Bonchev–Trinajstić information content (AvgIpc) is 3.04. The Balaban J connectivity index is 1.90. The summed E-state index contributed by atoms with van der Waals surface area (Å²) in [5, 5.41) is 11.5. The average molecular weight is 436 g/mol. The zero-order valence-electron chi connectivity index (χ0n) is 16.5. The summed E-state index contributed by atoms with van der Waals surface area (Å²) < 4.78 is 5.33. The number of hydrogen-bond acceptors (Lipinski definition) is 6. The van der Waals surface area contributed by atoms with Gasteiger partial charge in [-0.25, -0.2) is 0 Å². The zero-order chi connectivity index (χ0) is 22.0. The molecule has 1 atom stereocenters. The number of amides is 1.